The molecule has 0 fully saturated rings. The molecule has 0 aromatic heterocycles. The van der Waals surface area contributed by atoms with Crippen molar-refractivity contribution in [2.45, 2.75) is 59.3 Å². The van der Waals surface area contributed by atoms with E-state index in [1.54, 1.807) is 47.6 Å². The van der Waals surface area contributed by atoms with Crippen LogP contribution in [-0.2, 0) is 20.9 Å². The first-order valence-electron chi connectivity index (χ1n) is 7.52. The van der Waals surface area contributed by atoms with Gasteiger partial charge in [0, 0.05) is 5.56 Å². The van der Waals surface area contributed by atoms with Gasteiger partial charge >= 0.3 is 12.2 Å². The highest BCUT2D eigenvalue weighted by Crippen LogP contribution is 2.17. The van der Waals surface area contributed by atoms with E-state index in [0.717, 1.165) is 0 Å². The number of ether oxygens (including phenoxy) is 2. The summed E-state index contributed by atoms with van der Waals surface area (Å²) in [7, 11) is 0. The smallest absolute Gasteiger partial charge is 0.442 e. The Labute approximate surface area is 141 Å². The number of hydrogen-bond acceptors (Lipinski definition) is 5. The van der Waals surface area contributed by atoms with Crippen LogP contribution in [0.2, 0.25) is 0 Å². The van der Waals surface area contributed by atoms with Gasteiger partial charge in [-0.3, -0.25) is 4.84 Å². The summed E-state index contributed by atoms with van der Waals surface area (Å²) in [6.07, 6.45) is -2.00. The lowest BCUT2D eigenvalue weighted by Crippen LogP contribution is -2.39. The predicted molar refractivity (Wildman–Crippen MR) is 85.5 cm³/mol. The molecular formula is C17H24FNO5. The van der Waals surface area contributed by atoms with Crippen LogP contribution >= 0.6 is 0 Å². The fourth-order valence-corrected chi connectivity index (χ4v) is 1.59. The summed E-state index contributed by atoms with van der Waals surface area (Å²) in [4.78, 5) is 29.0. The van der Waals surface area contributed by atoms with Crippen molar-refractivity contribution >= 4 is 12.2 Å². The van der Waals surface area contributed by atoms with Crippen molar-refractivity contribution in [1.29, 1.82) is 0 Å². The van der Waals surface area contributed by atoms with Crippen LogP contribution in [0.4, 0.5) is 14.0 Å². The molecule has 1 aromatic carbocycles. The molecule has 0 radical (unpaired) electrons. The highest BCUT2D eigenvalue weighted by atomic mass is 19.1. The van der Waals surface area contributed by atoms with E-state index in [-0.39, 0.29) is 12.1 Å². The number of rotatable bonds is 2. The molecule has 0 unspecified atom stereocenters. The fourth-order valence-electron chi connectivity index (χ4n) is 1.59. The average molecular weight is 341 g/mol. The molecule has 0 aliphatic rings. The number of carbonyl (C=O) groups excluding carboxylic acids is 2. The van der Waals surface area contributed by atoms with E-state index in [4.69, 9.17) is 14.3 Å². The van der Waals surface area contributed by atoms with Gasteiger partial charge in [0.05, 0.1) is 6.54 Å². The van der Waals surface area contributed by atoms with Gasteiger partial charge in [-0.15, -0.1) is 5.06 Å². The van der Waals surface area contributed by atoms with Gasteiger partial charge in [-0.2, -0.15) is 0 Å². The van der Waals surface area contributed by atoms with Crippen molar-refractivity contribution in [3.05, 3.63) is 35.6 Å². The minimum atomic E-state index is -1.08. The maximum absolute atomic E-state index is 13.8. The highest BCUT2D eigenvalue weighted by molar-refractivity contribution is 5.70. The Balaban J connectivity index is 2.93. The largest absolute Gasteiger partial charge is 0.534 e. The van der Waals surface area contributed by atoms with Crippen LogP contribution in [0.15, 0.2) is 24.3 Å². The number of halogens is 1. The summed E-state index contributed by atoms with van der Waals surface area (Å²) in [6, 6.07) is 5.85. The lowest BCUT2D eigenvalue weighted by atomic mass is 10.2. The Morgan fingerprint density at radius 3 is 2.04 bits per heavy atom. The second-order valence-electron chi connectivity index (χ2n) is 7.16. The van der Waals surface area contributed by atoms with Crippen LogP contribution in [0.25, 0.3) is 0 Å². The maximum Gasteiger partial charge on any atom is 0.534 e. The van der Waals surface area contributed by atoms with Crippen LogP contribution in [0.1, 0.15) is 47.1 Å². The normalized spacial score (nSPS) is 11.6. The first kappa shape index (κ1) is 19.7. The number of benzene rings is 1. The lowest BCUT2D eigenvalue weighted by Gasteiger charge is -2.27. The summed E-state index contributed by atoms with van der Waals surface area (Å²) in [6.45, 7) is 9.66. The summed E-state index contributed by atoms with van der Waals surface area (Å²) >= 11 is 0. The molecule has 0 saturated heterocycles. The topological polar surface area (TPSA) is 65.1 Å². The number of hydroxylamine groups is 2. The number of amides is 1. The maximum atomic E-state index is 13.8. The van der Waals surface area contributed by atoms with Crippen LogP contribution in [0.3, 0.4) is 0 Å². The third-order valence-corrected chi connectivity index (χ3v) is 2.44. The Bertz CT molecular complexity index is 589. The molecule has 7 heteroatoms. The Kier molecular flexibility index (Phi) is 6.17. The molecule has 1 aromatic rings. The molecule has 6 nitrogen and oxygen atoms in total. The Morgan fingerprint density at radius 1 is 1.00 bits per heavy atom. The monoisotopic (exact) mass is 341 g/mol. The zero-order valence-corrected chi connectivity index (χ0v) is 14.9. The molecule has 0 spiro atoms. The van der Waals surface area contributed by atoms with E-state index in [1.165, 1.54) is 18.2 Å². The van der Waals surface area contributed by atoms with Crippen LogP contribution in [0.5, 0.6) is 0 Å². The second kappa shape index (κ2) is 7.51. The van der Waals surface area contributed by atoms with Gasteiger partial charge in [-0.1, -0.05) is 18.2 Å². The average Bonchev–Trinajstić information content (AvgIpc) is 2.36. The molecule has 0 atom stereocenters. The summed E-state index contributed by atoms with van der Waals surface area (Å²) < 4.78 is 24.0. The second-order valence-corrected chi connectivity index (χ2v) is 7.16. The summed E-state index contributed by atoms with van der Waals surface area (Å²) in [5.41, 5.74) is -1.43. The molecule has 0 saturated carbocycles. The van der Waals surface area contributed by atoms with Gasteiger partial charge in [-0.05, 0) is 47.6 Å². The molecule has 1 rings (SSSR count). The molecule has 134 valence electrons. The highest BCUT2D eigenvalue weighted by Gasteiger charge is 2.28. The van der Waals surface area contributed by atoms with E-state index in [0.29, 0.717) is 5.06 Å². The van der Waals surface area contributed by atoms with E-state index in [2.05, 4.69) is 0 Å². The third-order valence-electron chi connectivity index (χ3n) is 2.44. The molecule has 0 aliphatic heterocycles. The SMILES string of the molecule is CC(C)(C)OC(=O)ON(Cc1ccccc1F)C(=O)OC(C)(C)C. The first-order chi connectivity index (χ1) is 10.9. The molecular weight excluding hydrogens is 317 g/mol. The molecule has 1 amide bonds. The molecule has 24 heavy (non-hydrogen) atoms. The van der Waals surface area contributed by atoms with Crippen LogP contribution < -0.4 is 0 Å². The number of hydrogen-bond donors (Lipinski definition) is 0. The Hall–Kier alpha value is -2.31. The van der Waals surface area contributed by atoms with E-state index < -0.39 is 29.3 Å². The lowest BCUT2D eigenvalue weighted by molar-refractivity contribution is -0.141. The molecule has 0 N–H and O–H groups in total. The van der Waals surface area contributed by atoms with Gasteiger partial charge < -0.3 is 9.47 Å². The van der Waals surface area contributed by atoms with Gasteiger partial charge in [0.2, 0.25) is 0 Å². The molecule has 0 aliphatic carbocycles. The summed E-state index contributed by atoms with van der Waals surface area (Å²) in [5.74, 6) is -0.529. The summed E-state index contributed by atoms with van der Waals surface area (Å²) in [5, 5.41) is 0.637. The van der Waals surface area contributed by atoms with Crippen molar-refractivity contribution < 1.29 is 28.3 Å². The first-order valence-corrected chi connectivity index (χ1v) is 7.52. The van der Waals surface area contributed by atoms with Crippen molar-refractivity contribution in [3.63, 3.8) is 0 Å². The fraction of sp³-hybridized carbons (Fsp3) is 0.529. The van der Waals surface area contributed by atoms with Gasteiger partial charge in [-0.25, -0.2) is 14.0 Å². The van der Waals surface area contributed by atoms with Crippen LogP contribution in [0, 0.1) is 5.82 Å². The van der Waals surface area contributed by atoms with Gasteiger partial charge in [0.25, 0.3) is 0 Å². The predicted octanol–water partition coefficient (Wildman–Crippen LogP) is 4.43. The van der Waals surface area contributed by atoms with Crippen LogP contribution in [-0.4, -0.2) is 28.5 Å². The number of nitrogens with zero attached hydrogens (tertiary/aromatic N) is 1. The number of carbonyl (C=O) groups is 2. The van der Waals surface area contributed by atoms with Crippen molar-refractivity contribution in [1.82, 2.24) is 5.06 Å². The Morgan fingerprint density at radius 2 is 1.54 bits per heavy atom. The minimum absolute atomic E-state index is 0.173. The van der Waals surface area contributed by atoms with Crippen molar-refractivity contribution in [2.24, 2.45) is 0 Å². The van der Waals surface area contributed by atoms with E-state index in [1.807, 2.05) is 0 Å². The third kappa shape index (κ3) is 7.30. The molecule has 0 bridgehead atoms. The van der Waals surface area contributed by atoms with E-state index in [9.17, 15) is 14.0 Å². The van der Waals surface area contributed by atoms with Gasteiger partial charge in [0.1, 0.15) is 17.0 Å². The zero-order chi connectivity index (χ0) is 18.5. The standard InChI is InChI=1S/C17H24FNO5/c1-16(2,3)22-14(20)19(24-15(21)23-17(4,5)6)11-12-9-7-8-10-13(12)18/h7-10H,11H2,1-6H3. The minimum Gasteiger partial charge on any atom is -0.442 e. The zero-order valence-electron chi connectivity index (χ0n) is 14.9. The van der Waals surface area contributed by atoms with Crippen molar-refractivity contribution in [3.8, 4) is 0 Å². The van der Waals surface area contributed by atoms with E-state index >= 15 is 0 Å². The molecule has 0 heterocycles. The van der Waals surface area contributed by atoms with Gasteiger partial charge in [0.15, 0.2) is 0 Å². The quantitative estimate of drug-likeness (QED) is 0.588. The van der Waals surface area contributed by atoms with Crippen molar-refractivity contribution in [2.75, 3.05) is 0 Å².